The molecule has 1 aliphatic rings. The summed E-state index contributed by atoms with van der Waals surface area (Å²) >= 11 is 0. The Hall–Kier alpha value is -0.830. The molecule has 14 heavy (non-hydrogen) atoms. The number of hydrogen-bond donors (Lipinski definition) is 1. The lowest BCUT2D eigenvalue weighted by Crippen LogP contribution is -2.42. The molecule has 0 bridgehead atoms. The fourth-order valence-corrected chi connectivity index (χ4v) is 1.62. The molecular formula is C11H19NO2. The largest absolute Gasteiger partial charge is 0.461 e. The molecule has 0 unspecified atom stereocenters. The van der Waals surface area contributed by atoms with Gasteiger partial charge < -0.3 is 10.1 Å². The zero-order chi connectivity index (χ0) is 10.4. The Labute approximate surface area is 85.5 Å². The average Bonchev–Trinajstić information content (AvgIpc) is 2.19. The number of nitrogens with one attached hydrogen (secondary N) is 1. The van der Waals surface area contributed by atoms with Crippen molar-refractivity contribution in [3.05, 3.63) is 12.7 Å². The predicted octanol–water partition coefficient (Wildman–Crippen LogP) is 1.64. The topological polar surface area (TPSA) is 38.3 Å². The molecule has 0 aliphatic carbocycles. The van der Waals surface area contributed by atoms with E-state index in [-0.39, 0.29) is 18.1 Å². The second-order valence-corrected chi connectivity index (χ2v) is 3.77. The van der Waals surface area contributed by atoms with Gasteiger partial charge in [-0.2, -0.15) is 0 Å². The molecule has 1 rings (SSSR count). The first-order valence-electron chi connectivity index (χ1n) is 5.29. The van der Waals surface area contributed by atoms with Crippen LogP contribution in [0.15, 0.2) is 12.7 Å². The van der Waals surface area contributed by atoms with E-state index >= 15 is 0 Å². The highest BCUT2D eigenvalue weighted by Crippen LogP contribution is 2.10. The monoisotopic (exact) mass is 197 g/mol. The van der Waals surface area contributed by atoms with Crippen LogP contribution in [-0.4, -0.2) is 24.7 Å². The standard InChI is InChI=1S/C11H19NO2/c1-3-6-9(2)14-11(13)10-7-4-5-8-12-10/h3,9-10,12H,1,4-8H2,2H3/t9-,10-/m0/s1. The third-order valence-electron chi connectivity index (χ3n) is 2.41. The summed E-state index contributed by atoms with van der Waals surface area (Å²) in [7, 11) is 0. The Morgan fingerprint density at radius 2 is 2.50 bits per heavy atom. The van der Waals surface area contributed by atoms with Crippen molar-refractivity contribution >= 4 is 5.97 Å². The fraction of sp³-hybridized carbons (Fsp3) is 0.727. The molecule has 0 aromatic carbocycles. The van der Waals surface area contributed by atoms with E-state index in [0.717, 1.165) is 32.2 Å². The van der Waals surface area contributed by atoms with Crippen LogP contribution < -0.4 is 5.32 Å². The van der Waals surface area contributed by atoms with Gasteiger partial charge in [-0.15, -0.1) is 6.58 Å². The van der Waals surface area contributed by atoms with Crippen molar-refractivity contribution in [2.45, 2.75) is 44.8 Å². The van der Waals surface area contributed by atoms with Crippen molar-refractivity contribution in [3.63, 3.8) is 0 Å². The number of rotatable bonds is 4. The molecule has 3 heteroatoms. The van der Waals surface area contributed by atoms with Crippen LogP contribution in [0.1, 0.15) is 32.6 Å². The van der Waals surface area contributed by atoms with Crippen LogP contribution in [0.4, 0.5) is 0 Å². The third kappa shape index (κ3) is 3.50. The van der Waals surface area contributed by atoms with Crippen LogP contribution in [-0.2, 0) is 9.53 Å². The van der Waals surface area contributed by atoms with Gasteiger partial charge in [0.1, 0.15) is 12.1 Å². The van der Waals surface area contributed by atoms with Gasteiger partial charge in [0.25, 0.3) is 0 Å². The molecule has 0 aromatic heterocycles. The van der Waals surface area contributed by atoms with Crippen LogP contribution in [0, 0.1) is 0 Å². The summed E-state index contributed by atoms with van der Waals surface area (Å²) in [5.41, 5.74) is 0. The number of carbonyl (C=O) groups excluding carboxylic acids is 1. The third-order valence-corrected chi connectivity index (χ3v) is 2.41. The van der Waals surface area contributed by atoms with Gasteiger partial charge in [0.05, 0.1) is 0 Å². The minimum absolute atomic E-state index is 0.0521. The summed E-state index contributed by atoms with van der Waals surface area (Å²) in [6.45, 7) is 6.43. The van der Waals surface area contributed by atoms with Crippen LogP contribution in [0.2, 0.25) is 0 Å². The highest BCUT2D eigenvalue weighted by atomic mass is 16.5. The molecule has 0 amide bonds. The van der Waals surface area contributed by atoms with Gasteiger partial charge in [0.15, 0.2) is 0 Å². The van der Waals surface area contributed by atoms with Crippen molar-refractivity contribution in [3.8, 4) is 0 Å². The molecule has 1 saturated heterocycles. The first-order chi connectivity index (χ1) is 6.74. The molecule has 1 aliphatic heterocycles. The van der Waals surface area contributed by atoms with Crippen molar-refractivity contribution in [1.29, 1.82) is 0 Å². The summed E-state index contributed by atoms with van der Waals surface area (Å²) in [5.74, 6) is -0.112. The van der Waals surface area contributed by atoms with Gasteiger partial charge in [-0.25, -0.2) is 0 Å². The van der Waals surface area contributed by atoms with Crippen molar-refractivity contribution in [2.75, 3.05) is 6.54 Å². The second-order valence-electron chi connectivity index (χ2n) is 3.77. The summed E-state index contributed by atoms with van der Waals surface area (Å²) in [6, 6.07) is -0.0870. The zero-order valence-corrected chi connectivity index (χ0v) is 8.79. The summed E-state index contributed by atoms with van der Waals surface area (Å²) in [5, 5.41) is 3.17. The fourth-order valence-electron chi connectivity index (χ4n) is 1.62. The quantitative estimate of drug-likeness (QED) is 0.550. The van der Waals surface area contributed by atoms with E-state index in [2.05, 4.69) is 11.9 Å². The minimum Gasteiger partial charge on any atom is -0.461 e. The highest BCUT2D eigenvalue weighted by Gasteiger charge is 2.22. The molecule has 1 N–H and O–H groups in total. The lowest BCUT2D eigenvalue weighted by molar-refractivity contribution is -0.151. The number of ether oxygens (including phenoxy) is 1. The van der Waals surface area contributed by atoms with E-state index in [1.54, 1.807) is 6.08 Å². The van der Waals surface area contributed by atoms with E-state index in [4.69, 9.17) is 4.74 Å². The van der Waals surface area contributed by atoms with Gasteiger partial charge in [-0.1, -0.05) is 12.5 Å². The molecule has 1 fully saturated rings. The first kappa shape index (κ1) is 11.2. The predicted molar refractivity (Wildman–Crippen MR) is 56.0 cm³/mol. The number of carbonyl (C=O) groups is 1. The zero-order valence-electron chi connectivity index (χ0n) is 8.79. The average molecular weight is 197 g/mol. The van der Waals surface area contributed by atoms with E-state index in [0.29, 0.717) is 0 Å². The highest BCUT2D eigenvalue weighted by molar-refractivity contribution is 5.76. The Bertz CT molecular complexity index is 197. The Balaban J connectivity index is 2.28. The van der Waals surface area contributed by atoms with E-state index in [1.807, 2.05) is 6.92 Å². The number of hydrogen-bond acceptors (Lipinski definition) is 3. The van der Waals surface area contributed by atoms with Gasteiger partial charge in [0.2, 0.25) is 0 Å². The Kier molecular flexibility index (Phi) is 4.66. The Morgan fingerprint density at radius 3 is 3.07 bits per heavy atom. The molecule has 0 radical (unpaired) electrons. The minimum atomic E-state index is -0.112. The maximum Gasteiger partial charge on any atom is 0.323 e. The summed E-state index contributed by atoms with van der Waals surface area (Å²) in [6.07, 6.45) is 5.61. The molecular weight excluding hydrogens is 178 g/mol. The number of esters is 1. The number of piperidine rings is 1. The van der Waals surface area contributed by atoms with E-state index in [1.165, 1.54) is 0 Å². The van der Waals surface area contributed by atoms with E-state index < -0.39 is 0 Å². The first-order valence-corrected chi connectivity index (χ1v) is 5.29. The van der Waals surface area contributed by atoms with Crippen molar-refractivity contribution in [1.82, 2.24) is 5.32 Å². The van der Waals surface area contributed by atoms with Crippen LogP contribution >= 0.6 is 0 Å². The molecule has 0 saturated carbocycles. The normalized spacial score (nSPS) is 23.9. The molecule has 1 heterocycles. The molecule has 80 valence electrons. The van der Waals surface area contributed by atoms with Crippen LogP contribution in [0.3, 0.4) is 0 Å². The Morgan fingerprint density at radius 1 is 1.71 bits per heavy atom. The summed E-state index contributed by atoms with van der Waals surface area (Å²) < 4.78 is 5.26. The van der Waals surface area contributed by atoms with Gasteiger partial charge >= 0.3 is 5.97 Å². The summed E-state index contributed by atoms with van der Waals surface area (Å²) in [4.78, 5) is 11.6. The smallest absolute Gasteiger partial charge is 0.323 e. The lowest BCUT2D eigenvalue weighted by atomic mass is 10.1. The van der Waals surface area contributed by atoms with Crippen molar-refractivity contribution < 1.29 is 9.53 Å². The molecule has 3 nitrogen and oxygen atoms in total. The maximum atomic E-state index is 11.6. The van der Waals surface area contributed by atoms with Gasteiger partial charge in [-0.05, 0) is 26.3 Å². The SMILES string of the molecule is C=CC[C@H](C)OC(=O)[C@@H]1CCCCN1. The van der Waals surface area contributed by atoms with Crippen LogP contribution in [0.25, 0.3) is 0 Å². The molecule has 0 aromatic rings. The van der Waals surface area contributed by atoms with Crippen molar-refractivity contribution in [2.24, 2.45) is 0 Å². The molecule has 2 atom stereocenters. The van der Waals surface area contributed by atoms with E-state index in [9.17, 15) is 4.79 Å². The maximum absolute atomic E-state index is 11.6. The van der Waals surface area contributed by atoms with Gasteiger partial charge in [-0.3, -0.25) is 4.79 Å². The second kappa shape index (κ2) is 5.81. The van der Waals surface area contributed by atoms with Gasteiger partial charge in [0, 0.05) is 6.42 Å². The van der Waals surface area contributed by atoms with Crippen LogP contribution in [0.5, 0.6) is 0 Å². The molecule has 0 spiro atoms. The lowest BCUT2D eigenvalue weighted by Gasteiger charge is -2.23.